The number of rotatable bonds is 1. The van der Waals surface area contributed by atoms with E-state index in [4.69, 9.17) is 5.73 Å². The molecule has 3 heteroatoms. The quantitative estimate of drug-likeness (QED) is 0.527. The highest BCUT2D eigenvalue weighted by Crippen LogP contribution is 2.24. The molecule has 0 aliphatic heterocycles. The molecule has 0 aliphatic rings. The van der Waals surface area contributed by atoms with Crippen LogP contribution >= 0.6 is 0 Å². The molecule has 66 valence electrons. The molecule has 2 rings (SSSR count). The Morgan fingerprint density at radius 2 is 2.23 bits per heavy atom. The first kappa shape index (κ1) is 7.86. The van der Waals surface area contributed by atoms with E-state index in [0.717, 1.165) is 17.2 Å². The van der Waals surface area contributed by atoms with E-state index in [-0.39, 0.29) is 0 Å². The van der Waals surface area contributed by atoms with Gasteiger partial charge in [0.05, 0.1) is 5.52 Å². The van der Waals surface area contributed by atoms with E-state index in [9.17, 15) is 4.79 Å². The molecule has 3 nitrogen and oxygen atoms in total. The topological polar surface area (TPSA) is 48.0 Å². The summed E-state index contributed by atoms with van der Waals surface area (Å²) >= 11 is 0. The van der Waals surface area contributed by atoms with E-state index in [0.29, 0.717) is 11.3 Å². The number of fused-ring (bicyclic) bond motifs is 1. The van der Waals surface area contributed by atoms with Gasteiger partial charge in [-0.3, -0.25) is 4.79 Å². The van der Waals surface area contributed by atoms with E-state index in [1.807, 2.05) is 23.7 Å². The predicted octanol–water partition coefficient (Wildman–Crippen LogP) is 1.57. The van der Waals surface area contributed by atoms with Gasteiger partial charge in [-0.15, -0.1) is 0 Å². The van der Waals surface area contributed by atoms with Crippen LogP contribution in [0.4, 0.5) is 5.69 Å². The molecule has 1 aromatic heterocycles. The van der Waals surface area contributed by atoms with Gasteiger partial charge in [0.25, 0.3) is 0 Å². The number of hydrogen-bond acceptors (Lipinski definition) is 2. The number of aldehydes is 1. The number of aromatic nitrogens is 1. The summed E-state index contributed by atoms with van der Waals surface area (Å²) in [5.74, 6) is 0. The lowest BCUT2D eigenvalue weighted by Crippen LogP contribution is -1.87. The van der Waals surface area contributed by atoms with E-state index >= 15 is 0 Å². The van der Waals surface area contributed by atoms with Gasteiger partial charge in [0, 0.05) is 29.9 Å². The fourth-order valence-electron chi connectivity index (χ4n) is 1.60. The Hall–Kier alpha value is -1.77. The number of aryl methyl sites for hydroxylation is 1. The molecule has 2 N–H and O–H groups in total. The smallest absolute Gasteiger partial charge is 0.152 e. The van der Waals surface area contributed by atoms with Gasteiger partial charge in [0.2, 0.25) is 0 Å². The third-order valence-electron chi connectivity index (χ3n) is 2.20. The second-order valence-electron chi connectivity index (χ2n) is 3.05. The van der Waals surface area contributed by atoms with Crippen LogP contribution in [0.3, 0.4) is 0 Å². The largest absolute Gasteiger partial charge is 0.398 e. The molecule has 1 aromatic carbocycles. The van der Waals surface area contributed by atoms with E-state index in [1.54, 1.807) is 12.3 Å². The normalized spacial score (nSPS) is 10.5. The van der Waals surface area contributed by atoms with Crippen molar-refractivity contribution in [1.82, 2.24) is 4.57 Å². The van der Waals surface area contributed by atoms with Crippen LogP contribution < -0.4 is 5.73 Å². The summed E-state index contributed by atoms with van der Waals surface area (Å²) in [4.78, 5) is 10.7. The Morgan fingerprint density at radius 3 is 2.92 bits per heavy atom. The lowest BCUT2D eigenvalue weighted by Gasteiger charge is -1.97. The van der Waals surface area contributed by atoms with Crippen LogP contribution in [0.1, 0.15) is 10.4 Å². The highest BCUT2D eigenvalue weighted by molar-refractivity contribution is 6.04. The van der Waals surface area contributed by atoms with Crippen LogP contribution in [0.5, 0.6) is 0 Å². The molecule has 0 atom stereocenters. The van der Waals surface area contributed by atoms with Gasteiger partial charge in [0.1, 0.15) is 0 Å². The van der Waals surface area contributed by atoms with Gasteiger partial charge in [-0.05, 0) is 12.1 Å². The summed E-state index contributed by atoms with van der Waals surface area (Å²) in [6, 6.07) is 5.63. The van der Waals surface area contributed by atoms with E-state index in [1.165, 1.54) is 0 Å². The number of nitrogens with two attached hydrogens (primary N) is 1. The second-order valence-corrected chi connectivity index (χ2v) is 3.05. The van der Waals surface area contributed by atoms with Crippen molar-refractivity contribution in [3.05, 3.63) is 30.0 Å². The molecule has 0 unspecified atom stereocenters. The fourth-order valence-corrected chi connectivity index (χ4v) is 1.60. The van der Waals surface area contributed by atoms with Crippen LogP contribution in [0.15, 0.2) is 24.4 Å². The monoisotopic (exact) mass is 174 g/mol. The zero-order valence-corrected chi connectivity index (χ0v) is 7.32. The fraction of sp³-hybridized carbons (Fsp3) is 0.100. The standard InChI is InChI=1S/C10H10N2O/c1-12-5-7(6-13)10-8(11)3-2-4-9(10)12/h2-6H,11H2,1H3. The van der Waals surface area contributed by atoms with Crippen LogP contribution in [0.2, 0.25) is 0 Å². The molecule has 0 aliphatic carbocycles. The van der Waals surface area contributed by atoms with E-state index in [2.05, 4.69) is 0 Å². The van der Waals surface area contributed by atoms with Crippen LogP contribution in [-0.4, -0.2) is 10.9 Å². The summed E-state index contributed by atoms with van der Waals surface area (Å²) < 4.78 is 1.90. The predicted molar refractivity (Wildman–Crippen MR) is 52.7 cm³/mol. The van der Waals surface area contributed by atoms with Crippen molar-refractivity contribution in [2.75, 3.05) is 5.73 Å². The summed E-state index contributed by atoms with van der Waals surface area (Å²) in [6.45, 7) is 0. The highest BCUT2D eigenvalue weighted by atomic mass is 16.1. The van der Waals surface area contributed by atoms with E-state index < -0.39 is 0 Å². The van der Waals surface area contributed by atoms with Crippen molar-refractivity contribution in [2.24, 2.45) is 7.05 Å². The molecule has 0 saturated carbocycles. The molecule has 0 spiro atoms. The molecular weight excluding hydrogens is 164 g/mol. The number of benzene rings is 1. The maximum atomic E-state index is 10.7. The maximum absolute atomic E-state index is 10.7. The summed E-state index contributed by atoms with van der Waals surface area (Å²) in [5.41, 5.74) is 8.06. The minimum atomic E-state index is 0.649. The zero-order valence-electron chi connectivity index (χ0n) is 7.32. The van der Waals surface area contributed by atoms with Gasteiger partial charge in [-0.25, -0.2) is 0 Å². The third-order valence-corrected chi connectivity index (χ3v) is 2.20. The van der Waals surface area contributed by atoms with Crippen LogP contribution in [-0.2, 0) is 7.05 Å². The highest BCUT2D eigenvalue weighted by Gasteiger charge is 2.07. The second kappa shape index (κ2) is 2.62. The molecule has 0 fully saturated rings. The number of carbonyl (C=O) groups excluding carboxylic acids is 1. The summed E-state index contributed by atoms with van der Waals surface area (Å²) in [7, 11) is 1.90. The average Bonchev–Trinajstić information content (AvgIpc) is 2.45. The molecule has 0 amide bonds. The Kier molecular flexibility index (Phi) is 1.59. The molecule has 2 aromatic rings. The molecular formula is C10H10N2O. The number of anilines is 1. The molecule has 0 bridgehead atoms. The maximum Gasteiger partial charge on any atom is 0.152 e. The van der Waals surface area contributed by atoms with Crippen LogP contribution in [0, 0.1) is 0 Å². The van der Waals surface area contributed by atoms with Gasteiger partial charge >= 0.3 is 0 Å². The number of carbonyl (C=O) groups is 1. The molecule has 0 saturated heterocycles. The van der Waals surface area contributed by atoms with Crippen molar-refractivity contribution in [1.29, 1.82) is 0 Å². The SMILES string of the molecule is Cn1cc(C=O)c2c(N)cccc21. The number of nitrogens with zero attached hydrogens (tertiary/aromatic N) is 1. The Balaban J connectivity index is 2.96. The van der Waals surface area contributed by atoms with Gasteiger partial charge < -0.3 is 10.3 Å². The third kappa shape index (κ3) is 1.01. The van der Waals surface area contributed by atoms with Crippen molar-refractivity contribution in [3.8, 4) is 0 Å². The Bertz CT molecular complexity index is 471. The first-order chi connectivity index (χ1) is 6.24. The molecule has 13 heavy (non-hydrogen) atoms. The summed E-state index contributed by atoms with van der Waals surface area (Å²) in [5, 5.41) is 0.847. The van der Waals surface area contributed by atoms with Gasteiger partial charge in [0.15, 0.2) is 6.29 Å². The van der Waals surface area contributed by atoms with Crippen molar-refractivity contribution < 1.29 is 4.79 Å². The first-order valence-corrected chi connectivity index (χ1v) is 4.02. The lowest BCUT2D eigenvalue weighted by molar-refractivity contribution is 0.112. The minimum Gasteiger partial charge on any atom is -0.398 e. The van der Waals surface area contributed by atoms with Gasteiger partial charge in [-0.2, -0.15) is 0 Å². The minimum absolute atomic E-state index is 0.649. The average molecular weight is 174 g/mol. The Morgan fingerprint density at radius 1 is 1.46 bits per heavy atom. The zero-order chi connectivity index (χ0) is 9.42. The number of nitrogen functional groups attached to an aromatic ring is 1. The van der Waals surface area contributed by atoms with Crippen molar-refractivity contribution in [3.63, 3.8) is 0 Å². The molecule has 0 radical (unpaired) electrons. The van der Waals surface area contributed by atoms with Crippen LogP contribution in [0.25, 0.3) is 10.9 Å². The van der Waals surface area contributed by atoms with Crippen molar-refractivity contribution >= 4 is 22.9 Å². The van der Waals surface area contributed by atoms with Gasteiger partial charge in [-0.1, -0.05) is 6.07 Å². The van der Waals surface area contributed by atoms with Crippen molar-refractivity contribution in [2.45, 2.75) is 0 Å². The Labute approximate surface area is 75.8 Å². The molecule has 1 heterocycles. The summed E-state index contributed by atoms with van der Waals surface area (Å²) in [6.07, 6.45) is 2.62. The first-order valence-electron chi connectivity index (χ1n) is 4.02. The lowest BCUT2D eigenvalue weighted by atomic mass is 10.1. The number of hydrogen-bond donors (Lipinski definition) is 1.